The normalized spacial score (nSPS) is 11.0. The van der Waals surface area contributed by atoms with Crippen LogP contribution in [-0.2, 0) is 25.7 Å². The topological polar surface area (TPSA) is 160 Å². The predicted octanol–water partition coefficient (Wildman–Crippen LogP) is 4.75. The molecule has 0 unspecified atom stereocenters. The highest BCUT2D eigenvalue weighted by Gasteiger charge is 2.30. The average molecular weight is 631 g/mol. The molecule has 2 heterocycles. The number of esters is 2. The van der Waals surface area contributed by atoms with Crippen molar-refractivity contribution in [2.24, 2.45) is 10.8 Å². The zero-order chi connectivity index (χ0) is 33.7. The quantitative estimate of drug-likeness (QED) is 0.169. The summed E-state index contributed by atoms with van der Waals surface area (Å²) in [6.45, 7) is 7.37. The molecular formula is C34H38N4O8. The lowest BCUT2D eigenvalue weighted by atomic mass is 9.95. The van der Waals surface area contributed by atoms with Crippen LogP contribution in [0.2, 0.25) is 0 Å². The summed E-state index contributed by atoms with van der Waals surface area (Å²) in [5, 5.41) is 8.97. The van der Waals surface area contributed by atoms with Crippen molar-refractivity contribution < 1.29 is 38.4 Å². The highest BCUT2D eigenvalue weighted by Crippen LogP contribution is 2.25. The summed E-state index contributed by atoms with van der Waals surface area (Å²) < 4.78 is 20.8. The lowest BCUT2D eigenvalue weighted by Gasteiger charge is -2.21. The van der Waals surface area contributed by atoms with E-state index >= 15 is 0 Å². The van der Waals surface area contributed by atoms with Gasteiger partial charge in [0, 0.05) is 11.1 Å². The Morgan fingerprint density at radius 3 is 1.43 bits per heavy atom. The Morgan fingerprint density at radius 2 is 1.11 bits per heavy atom. The lowest BCUT2D eigenvalue weighted by molar-refractivity contribution is -0.153. The molecule has 12 nitrogen and oxygen atoms in total. The predicted molar refractivity (Wildman–Crippen MR) is 169 cm³/mol. The fourth-order valence-electron chi connectivity index (χ4n) is 3.78. The molecule has 0 fully saturated rings. The molecule has 0 amide bonds. The first-order valence-electron chi connectivity index (χ1n) is 14.2. The minimum atomic E-state index is -0.719. The van der Waals surface area contributed by atoms with Crippen molar-refractivity contribution in [3.8, 4) is 34.0 Å². The van der Waals surface area contributed by atoms with Crippen molar-refractivity contribution >= 4 is 18.2 Å². The number of hydrogen-bond donors (Lipinski definition) is 1. The third-order valence-electron chi connectivity index (χ3n) is 6.64. The summed E-state index contributed by atoms with van der Waals surface area (Å²) >= 11 is 0. The summed E-state index contributed by atoms with van der Waals surface area (Å²) in [4.78, 5) is 50.3. The molecule has 0 radical (unpaired) electrons. The first-order valence-corrected chi connectivity index (χ1v) is 14.2. The zero-order valence-corrected chi connectivity index (χ0v) is 26.7. The molecule has 0 saturated carbocycles. The molecule has 0 spiro atoms. The van der Waals surface area contributed by atoms with Crippen LogP contribution in [0.5, 0.6) is 11.5 Å². The summed E-state index contributed by atoms with van der Waals surface area (Å²) in [7, 11) is 2.72. The van der Waals surface area contributed by atoms with Gasteiger partial charge in [-0.15, -0.1) is 0 Å². The first-order chi connectivity index (χ1) is 21.9. The molecule has 2 aromatic heterocycles. The van der Waals surface area contributed by atoms with Crippen LogP contribution in [-0.4, -0.2) is 70.7 Å². The van der Waals surface area contributed by atoms with Crippen molar-refractivity contribution in [1.82, 2.24) is 19.9 Å². The molecule has 4 rings (SSSR count). The number of carbonyl (C=O) groups excluding carboxylic acids is 3. The number of rotatable bonds is 12. The van der Waals surface area contributed by atoms with Gasteiger partial charge in [-0.25, -0.2) is 4.98 Å². The van der Waals surface area contributed by atoms with E-state index in [-0.39, 0.29) is 31.8 Å². The molecule has 2 aromatic carbocycles. The van der Waals surface area contributed by atoms with Gasteiger partial charge >= 0.3 is 11.9 Å². The molecule has 0 saturated heterocycles. The Labute approximate surface area is 267 Å². The van der Waals surface area contributed by atoms with Crippen molar-refractivity contribution in [1.29, 1.82) is 0 Å². The second kappa shape index (κ2) is 16.2. The summed E-state index contributed by atoms with van der Waals surface area (Å²) in [6, 6.07) is 14.6. The zero-order valence-electron chi connectivity index (χ0n) is 26.7. The highest BCUT2D eigenvalue weighted by atomic mass is 16.5. The Morgan fingerprint density at radius 1 is 0.674 bits per heavy atom. The van der Waals surface area contributed by atoms with Crippen LogP contribution in [0.15, 0.2) is 73.3 Å². The van der Waals surface area contributed by atoms with Crippen LogP contribution in [0.4, 0.5) is 0 Å². The maximum absolute atomic E-state index is 11.6. The molecule has 46 heavy (non-hydrogen) atoms. The molecule has 1 N–H and O–H groups in total. The number of aromatic nitrogens is 4. The number of aldehydes is 1. The summed E-state index contributed by atoms with van der Waals surface area (Å²) in [5.74, 6) is 0.668. The first kappa shape index (κ1) is 35.3. The number of carbonyl (C=O) groups is 3. The van der Waals surface area contributed by atoms with Crippen LogP contribution in [0, 0.1) is 10.8 Å². The van der Waals surface area contributed by atoms with Crippen LogP contribution in [0.3, 0.4) is 0 Å². The Kier molecular flexibility index (Phi) is 12.4. The minimum absolute atomic E-state index is 0.129. The van der Waals surface area contributed by atoms with E-state index in [1.54, 1.807) is 58.4 Å². The van der Waals surface area contributed by atoms with Gasteiger partial charge in [0.15, 0.2) is 6.29 Å². The van der Waals surface area contributed by atoms with Crippen molar-refractivity contribution in [3.05, 3.63) is 84.7 Å². The molecule has 12 heteroatoms. The number of hydrogen-bond acceptors (Lipinski definition) is 12. The third kappa shape index (κ3) is 9.89. The fraction of sp³-hybridized carbons (Fsp3) is 0.324. The average Bonchev–Trinajstić information content (AvgIpc) is 3.10. The standard InChI is InChI=1S/C17H20N2O4.C17H18N2O4/c2*1-17(2,16(21)22-3)11-23-14-6-4-12(5-7-14)15-9-18-13(10-20)8-19-15/h4-9,20H,10-11H2,1-3H3;4-10H,11H2,1-3H3. The van der Waals surface area contributed by atoms with E-state index in [1.165, 1.54) is 20.4 Å². The Hall–Kier alpha value is -5.23. The molecule has 0 aliphatic heterocycles. The molecule has 0 aliphatic carbocycles. The SMILES string of the molecule is COC(=O)C(C)(C)COc1ccc(-c2cnc(C=O)cn2)cc1.COC(=O)C(C)(C)COc1ccc(-c2cnc(CO)cn2)cc1. The van der Waals surface area contributed by atoms with E-state index < -0.39 is 10.8 Å². The van der Waals surface area contributed by atoms with Crippen LogP contribution >= 0.6 is 0 Å². The van der Waals surface area contributed by atoms with Crippen LogP contribution in [0.25, 0.3) is 22.5 Å². The van der Waals surface area contributed by atoms with Gasteiger partial charge in [-0.3, -0.25) is 29.3 Å². The summed E-state index contributed by atoms with van der Waals surface area (Å²) in [6.07, 6.45) is 6.77. The lowest BCUT2D eigenvalue weighted by Crippen LogP contribution is -2.32. The fourth-order valence-corrected chi connectivity index (χ4v) is 3.78. The maximum Gasteiger partial charge on any atom is 0.314 e. The van der Waals surface area contributed by atoms with E-state index in [9.17, 15) is 14.4 Å². The second-order valence-electron chi connectivity index (χ2n) is 11.4. The molecule has 0 atom stereocenters. The Bertz CT molecular complexity index is 1570. The highest BCUT2D eigenvalue weighted by molar-refractivity contribution is 5.76. The summed E-state index contributed by atoms with van der Waals surface area (Å²) in [5.41, 5.74) is 2.51. The van der Waals surface area contributed by atoms with Crippen molar-refractivity contribution in [3.63, 3.8) is 0 Å². The number of methoxy groups -OCH3 is 2. The van der Waals surface area contributed by atoms with Gasteiger partial charge in [0.05, 0.1) is 73.5 Å². The minimum Gasteiger partial charge on any atom is -0.492 e. The number of benzene rings is 2. The maximum atomic E-state index is 11.6. The van der Waals surface area contributed by atoms with E-state index in [2.05, 4.69) is 19.9 Å². The van der Waals surface area contributed by atoms with Gasteiger partial charge in [-0.1, -0.05) is 0 Å². The molecule has 242 valence electrons. The van der Waals surface area contributed by atoms with Crippen LogP contribution < -0.4 is 9.47 Å². The van der Waals surface area contributed by atoms with Gasteiger partial charge in [-0.2, -0.15) is 0 Å². The van der Waals surface area contributed by atoms with E-state index in [1.807, 2.05) is 36.4 Å². The van der Waals surface area contributed by atoms with Gasteiger partial charge in [0.1, 0.15) is 30.4 Å². The molecule has 0 aliphatic rings. The smallest absolute Gasteiger partial charge is 0.314 e. The number of nitrogens with zero attached hydrogens (tertiary/aromatic N) is 4. The van der Waals surface area contributed by atoms with Gasteiger partial charge in [0.2, 0.25) is 0 Å². The van der Waals surface area contributed by atoms with Crippen molar-refractivity contribution in [2.45, 2.75) is 34.3 Å². The second-order valence-corrected chi connectivity index (χ2v) is 11.4. The van der Waals surface area contributed by atoms with Crippen molar-refractivity contribution in [2.75, 3.05) is 27.4 Å². The van der Waals surface area contributed by atoms with E-state index in [0.717, 1.165) is 11.1 Å². The van der Waals surface area contributed by atoms with E-state index in [4.69, 9.17) is 24.1 Å². The van der Waals surface area contributed by atoms with Gasteiger partial charge in [-0.05, 0) is 76.2 Å². The third-order valence-corrected chi connectivity index (χ3v) is 6.64. The van der Waals surface area contributed by atoms with Crippen LogP contribution in [0.1, 0.15) is 43.9 Å². The van der Waals surface area contributed by atoms with Gasteiger partial charge in [0.25, 0.3) is 0 Å². The number of ether oxygens (including phenoxy) is 4. The largest absolute Gasteiger partial charge is 0.492 e. The molecular weight excluding hydrogens is 592 g/mol. The number of aliphatic hydroxyl groups is 1. The monoisotopic (exact) mass is 630 g/mol. The molecule has 0 bridgehead atoms. The van der Waals surface area contributed by atoms with Gasteiger partial charge < -0.3 is 24.1 Å². The Balaban J connectivity index is 0.000000250. The number of aliphatic hydroxyl groups excluding tert-OH is 1. The van der Waals surface area contributed by atoms with E-state index in [0.29, 0.717) is 40.6 Å². The molecule has 4 aromatic rings.